The highest BCUT2D eigenvalue weighted by Gasteiger charge is 1.99. The topological polar surface area (TPSA) is 41.1 Å². The van der Waals surface area contributed by atoms with Crippen LogP contribution in [0.1, 0.15) is 25.3 Å². The van der Waals surface area contributed by atoms with Gasteiger partial charge in [-0.3, -0.25) is 4.79 Å². The van der Waals surface area contributed by atoms with Gasteiger partial charge >= 0.3 is 0 Å². The second-order valence-corrected chi connectivity index (χ2v) is 3.90. The van der Waals surface area contributed by atoms with Gasteiger partial charge in [-0.2, -0.15) is 0 Å². The lowest BCUT2D eigenvalue weighted by molar-refractivity contribution is -0.120. The van der Waals surface area contributed by atoms with Gasteiger partial charge in [0.25, 0.3) is 0 Å². The minimum absolute atomic E-state index is 0.0680. The molecule has 0 radical (unpaired) electrons. The van der Waals surface area contributed by atoms with Crippen LogP contribution in [0, 0.1) is 5.82 Å². The molecule has 17 heavy (non-hydrogen) atoms. The molecule has 0 spiro atoms. The quantitative estimate of drug-likeness (QED) is 0.712. The number of nitrogens with one attached hydrogen (secondary N) is 2. The van der Waals surface area contributed by atoms with E-state index < -0.39 is 0 Å². The molecule has 4 heteroatoms. The highest BCUT2D eigenvalue weighted by molar-refractivity contribution is 5.75. The summed E-state index contributed by atoms with van der Waals surface area (Å²) in [6.45, 7) is 4.04. The minimum atomic E-state index is -0.229. The van der Waals surface area contributed by atoms with Crippen LogP contribution in [0.15, 0.2) is 24.3 Å². The molecular formula is C13H19FN2O. The Hall–Kier alpha value is -1.42. The second-order valence-electron chi connectivity index (χ2n) is 3.90. The van der Waals surface area contributed by atoms with E-state index in [1.54, 1.807) is 12.1 Å². The fraction of sp³-hybridized carbons (Fsp3) is 0.462. The van der Waals surface area contributed by atoms with Crippen molar-refractivity contribution < 1.29 is 9.18 Å². The van der Waals surface area contributed by atoms with Gasteiger partial charge in [-0.05, 0) is 24.1 Å². The first-order valence-electron chi connectivity index (χ1n) is 5.94. The minimum Gasteiger partial charge on any atom is -0.356 e. The Balaban J connectivity index is 2.11. The number of amides is 1. The van der Waals surface area contributed by atoms with Crippen molar-refractivity contribution in [3.8, 4) is 0 Å². The number of hydrogen-bond donors (Lipinski definition) is 2. The van der Waals surface area contributed by atoms with Crippen LogP contribution in [-0.4, -0.2) is 19.0 Å². The summed E-state index contributed by atoms with van der Waals surface area (Å²) in [5, 5.41) is 5.96. The zero-order valence-corrected chi connectivity index (χ0v) is 10.1. The van der Waals surface area contributed by atoms with Crippen LogP contribution < -0.4 is 10.6 Å². The Bertz CT molecular complexity index is 338. The first-order valence-corrected chi connectivity index (χ1v) is 5.94. The Morgan fingerprint density at radius 2 is 1.94 bits per heavy atom. The maximum absolute atomic E-state index is 12.6. The molecule has 0 heterocycles. The molecule has 0 bridgehead atoms. The maximum atomic E-state index is 12.6. The van der Waals surface area contributed by atoms with E-state index in [1.807, 2.05) is 6.92 Å². The predicted octanol–water partition coefficient (Wildman–Crippen LogP) is 1.83. The summed E-state index contributed by atoms with van der Waals surface area (Å²) in [5.41, 5.74) is 1.01. The van der Waals surface area contributed by atoms with Crippen LogP contribution in [-0.2, 0) is 11.3 Å². The maximum Gasteiger partial charge on any atom is 0.221 e. The van der Waals surface area contributed by atoms with Gasteiger partial charge in [-0.1, -0.05) is 19.1 Å². The Kier molecular flexibility index (Phi) is 6.25. The fourth-order valence-electron chi connectivity index (χ4n) is 1.39. The van der Waals surface area contributed by atoms with E-state index in [0.29, 0.717) is 19.5 Å². The molecule has 0 saturated heterocycles. The molecule has 3 nitrogen and oxygen atoms in total. The summed E-state index contributed by atoms with van der Waals surface area (Å²) >= 11 is 0. The molecule has 1 aromatic rings. The first-order chi connectivity index (χ1) is 8.22. The third-order valence-electron chi connectivity index (χ3n) is 2.34. The van der Waals surface area contributed by atoms with Gasteiger partial charge in [-0.15, -0.1) is 0 Å². The zero-order valence-electron chi connectivity index (χ0n) is 10.1. The third-order valence-corrected chi connectivity index (χ3v) is 2.34. The van der Waals surface area contributed by atoms with Crippen LogP contribution in [0.2, 0.25) is 0 Å². The SMILES string of the molecule is CCCNC(=O)CCNCc1ccc(F)cc1. The lowest BCUT2D eigenvalue weighted by Gasteiger charge is -2.05. The summed E-state index contributed by atoms with van der Waals surface area (Å²) in [6, 6.07) is 6.34. The molecule has 2 N–H and O–H groups in total. The molecule has 1 rings (SSSR count). The highest BCUT2D eigenvalue weighted by atomic mass is 19.1. The molecule has 0 saturated carbocycles. The van der Waals surface area contributed by atoms with Gasteiger partial charge in [0.1, 0.15) is 5.82 Å². The standard InChI is InChI=1S/C13H19FN2O/c1-2-8-16-13(17)7-9-15-10-11-3-5-12(14)6-4-11/h3-6,15H,2,7-10H2,1H3,(H,16,17). The van der Waals surface area contributed by atoms with Gasteiger partial charge < -0.3 is 10.6 Å². The van der Waals surface area contributed by atoms with E-state index in [0.717, 1.165) is 18.5 Å². The van der Waals surface area contributed by atoms with Gasteiger partial charge in [-0.25, -0.2) is 4.39 Å². The molecule has 0 fully saturated rings. The lowest BCUT2D eigenvalue weighted by Crippen LogP contribution is -2.27. The molecule has 0 unspecified atom stereocenters. The zero-order chi connectivity index (χ0) is 12.5. The average Bonchev–Trinajstić information content (AvgIpc) is 2.34. The summed E-state index contributed by atoms with van der Waals surface area (Å²) in [6.07, 6.45) is 1.43. The van der Waals surface area contributed by atoms with Crippen molar-refractivity contribution in [2.75, 3.05) is 13.1 Å². The van der Waals surface area contributed by atoms with E-state index in [2.05, 4.69) is 10.6 Å². The number of rotatable bonds is 7. The third kappa shape index (κ3) is 6.02. The normalized spacial score (nSPS) is 10.2. The molecule has 1 amide bonds. The van der Waals surface area contributed by atoms with E-state index in [9.17, 15) is 9.18 Å². The number of benzene rings is 1. The number of carbonyl (C=O) groups is 1. The van der Waals surface area contributed by atoms with Crippen LogP contribution in [0.5, 0.6) is 0 Å². The summed E-state index contributed by atoms with van der Waals surface area (Å²) in [4.78, 5) is 11.3. The molecule has 0 atom stereocenters. The van der Waals surface area contributed by atoms with Crippen LogP contribution in [0.25, 0.3) is 0 Å². The highest BCUT2D eigenvalue weighted by Crippen LogP contribution is 2.01. The van der Waals surface area contributed by atoms with E-state index in [-0.39, 0.29) is 11.7 Å². The van der Waals surface area contributed by atoms with Crippen LogP contribution in [0.3, 0.4) is 0 Å². The first kappa shape index (κ1) is 13.6. The Morgan fingerprint density at radius 3 is 2.59 bits per heavy atom. The number of carbonyl (C=O) groups excluding carboxylic acids is 1. The van der Waals surface area contributed by atoms with Gasteiger partial charge in [0, 0.05) is 26.1 Å². The van der Waals surface area contributed by atoms with E-state index >= 15 is 0 Å². The number of hydrogen-bond acceptors (Lipinski definition) is 2. The van der Waals surface area contributed by atoms with Gasteiger partial charge in [0.2, 0.25) is 5.91 Å². The molecular weight excluding hydrogens is 219 g/mol. The van der Waals surface area contributed by atoms with Crippen molar-refractivity contribution in [3.05, 3.63) is 35.6 Å². The average molecular weight is 238 g/mol. The van der Waals surface area contributed by atoms with E-state index in [4.69, 9.17) is 0 Å². The summed E-state index contributed by atoms with van der Waals surface area (Å²) < 4.78 is 12.6. The smallest absolute Gasteiger partial charge is 0.221 e. The second kappa shape index (κ2) is 7.79. The largest absolute Gasteiger partial charge is 0.356 e. The Labute approximate surface area is 101 Å². The molecule has 1 aromatic carbocycles. The van der Waals surface area contributed by atoms with E-state index in [1.165, 1.54) is 12.1 Å². The molecule has 94 valence electrons. The predicted molar refractivity (Wildman–Crippen MR) is 66.0 cm³/mol. The van der Waals surface area contributed by atoms with Crippen molar-refractivity contribution in [3.63, 3.8) is 0 Å². The van der Waals surface area contributed by atoms with Crippen LogP contribution >= 0.6 is 0 Å². The molecule has 0 aliphatic carbocycles. The van der Waals surface area contributed by atoms with Crippen molar-refractivity contribution >= 4 is 5.91 Å². The Morgan fingerprint density at radius 1 is 1.24 bits per heavy atom. The molecule has 0 aliphatic rings. The molecule has 0 aliphatic heterocycles. The van der Waals surface area contributed by atoms with Crippen molar-refractivity contribution in [1.29, 1.82) is 0 Å². The lowest BCUT2D eigenvalue weighted by atomic mass is 10.2. The van der Waals surface area contributed by atoms with Crippen molar-refractivity contribution in [2.45, 2.75) is 26.3 Å². The fourth-order valence-corrected chi connectivity index (χ4v) is 1.39. The summed E-state index contributed by atoms with van der Waals surface area (Å²) in [7, 11) is 0. The van der Waals surface area contributed by atoms with Gasteiger partial charge in [0.05, 0.1) is 0 Å². The number of halogens is 1. The summed E-state index contributed by atoms with van der Waals surface area (Å²) in [5.74, 6) is -0.161. The van der Waals surface area contributed by atoms with Gasteiger partial charge in [0.15, 0.2) is 0 Å². The van der Waals surface area contributed by atoms with Crippen LogP contribution in [0.4, 0.5) is 4.39 Å². The monoisotopic (exact) mass is 238 g/mol. The molecule has 0 aromatic heterocycles. The van der Waals surface area contributed by atoms with Crippen molar-refractivity contribution in [2.24, 2.45) is 0 Å². The van der Waals surface area contributed by atoms with Crippen molar-refractivity contribution in [1.82, 2.24) is 10.6 Å².